The molecule has 0 spiro atoms. The molecule has 1 atom stereocenters. The van der Waals surface area contributed by atoms with Crippen LogP contribution in [0.15, 0.2) is 54.6 Å². The molecule has 6 heteroatoms. The average molecular weight is 365 g/mol. The van der Waals surface area contributed by atoms with Crippen LogP contribution in [0.25, 0.3) is 0 Å². The molecule has 0 radical (unpaired) electrons. The number of rotatable bonds is 7. The smallest absolute Gasteiger partial charge is 0.324 e. The average Bonchev–Trinajstić information content (AvgIpc) is 3.01. The predicted octanol–water partition coefficient (Wildman–Crippen LogP) is 2.66. The number of urea groups is 1. The predicted molar refractivity (Wildman–Crippen MR) is 102 cm³/mol. The lowest BCUT2D eigenvalue weighted by molar-refractivity contribution is -0.125. The Balaban J connectivity index is 1.57. The van der Waals surface area contributed by atoms with E-state index < -0.39 is 0 Å². The number of nitrogens with one attached hydrogen (secondary N) is 2. The number of hydrogen-bond donors (Lipinski definition) is 2. The van der Waals surface area contributed by atoms with Crippen LogP contribution in [0.4, 0.5) is 4.79 Å². The van der Waals surface area contributed by atoms with Crippen molar-refractivity contribution in [3.05, 3.63) is 71.3 Å². The Morgan fingerprint density at radius 2 is 1.81 bits per heavy atom. The zero-order valence-corrected chi connectivity index (χ0v) is 15.3. The molecule has 0 aliphatic carbocycles. The molecule has 4 amide bonds. The van der Waals surface area contributed by atoms with E-state index in [0.717, 1.165) is 12.0 Å². The van der Waals surface area contributed by atoms with Gasteiger partial charge in [-0.1, -0.05) is 49.4 Å². The third-order valence-electron chi connectivity index (χ3n) is 4.77. The standard InChI is InChI=1S/C21H23N3O3/c1-2-16(17-6-4-3-5-7-17)12-22-20(26)18-10-8-15(9-11-18)14-24-19(25)13-23-21(24)27/h3-11,16H,2,12-14H2,1H3,(H,22,26)(H,23,27). The SMILES string of the molecule is CCC(CNC(=O)c1ccc(CN2C(=O)CNC2=O)cc1)c1ccccc1. The van der Waals surface area contributed by atoms with E-state index in [2.05, 4.69) is 29.7 Å². The molecule has 1 unspecified atom stereocenters. The van der Waals surface area contributed by atoms with E-state index in [9.17, 15) is 14.4 Å². The topological polar surface area (TPSA) is 78.5 Å². The van der Waals surface area contributed by atoms with Gasteiger partial charge in [-0.2, -0.15) is 0 Å². The Bertz CT molecular complexity index is 802. The van der Waals surface area contributed by atoms with Gasteiger partial charge in [-0.05, 0) is 29.7 Å². The molecule has 1 heterocycles. The fraction of sp³-hybridized carbons (Fsp3) is 0.286. The van der Waals surface area contributed by atoms with E-state index in [0.29, 0.717) is 12.1 Å². The second-order valence-electron chi connectivity index (χ2n) is 6.56. The van der Waals surface area contributed by atoms with Gasteiger partial charge in [-0.3, -0.25) is 14.5 Å². The normalized spacial score (nSPS) is 14.8. The molecule has 0 bridgehead atoms. The second-order valence-corrected chi connectivity index (χ2v) is 6.56. The Kier molecular flexibility index (Phi) is 5.86. The highest BCUT2D eigenvalue weighted by molar-refractivity contribution is 6.01. The van der Waals surface area contributed by atoms with E-state index in [-0.39, 0.29) is 36.9 Å². The summed E-state index contributed by atoms with van der Waals surface area (Å²) in [7, 11) is 0. The molecule has 140 valence electrons. The molecular weight excluding hydrogens is 342 g/mol. The molecule has 27 heavy (non-hydrogen) atoms. The number of carbonyl (C=O) groups is 3. The first kappa shape index (κ1) is 18.6. The van der Waals surface area contributed by atoms with Crippen molar-refractivity contribution in [1.29, 1.82) is 0 Å². The van der Waals surface area contributed by atoms with Crippen LogP contribution in [0.1, 0.15) is 40.7 Å². The van der Waals surface area contributed by atoms with Gasteiger partial charge in [0.25, 0.3) is 5.91 Å². The summed E-state index contributed by atoms with van der Waals surface area (Å²) in [4.78, 5) is 36.8. The van der Waals surface area contributed by atoms with E-state index in [1.54, 1.807) is 24.3 Å². The van der Waals surface area contributed by atoms with E-state index in [1.807, 2.05) is 18.2 Å². The fourth-order valence-corrected chi connectivity index (χ4v) is 3.10. The van der Waals surface area contributed by atoms with Gasteiger partial charge in [-0.15, -0.1) is 0 Å². The summed E-state index contributed by atoms with van der Waals surface area (Å²) in [6, 6.07) is 16.7. The van der Waals surface area contributed by atoms with Gasteiger partial charge in [0.15, 0.2) is 0 Å². The van der Waals surface area contributed by atoms with Crippen LogP contribution in [0.3, 0.4) is 0 Å². The van der Waals surface area contributed by atoms with Crippen LogP contribution in [0.5, 0.6) is 0 Å². The molecule has 3 rings (SSSR count). The van der Waals surface area contributed by atoms with Crippen LogP contribution in [0.2, 0.25) is 0 Å². The van der Waals surface area contributed by atoms with Crippen LogP contribution in [-0.2, 0) is 11.3 Å². The van der Waals surface area contributed by atoms with Crippen LogP contribution >= 0.6 is 0 Å². The molecular formula is C21H23N3O3. The van der Waals surface area contributed by atoms with Gasteiger partial charge in [0.1, 0.15) is 0 Å². The summed E-state index contributed by atoms with van der Waals surface area (Å²) in [5.41, 5.74) is 2.57. The van der Waals surface area contributed by atoms with Crippen LogP contribution in [0, 0.1) is 0 Å². The minimum atomic E-state index is -0.381. The first-order valence-corrected chi connectivity index (χ1v) is 9.08. The molecule has 2 aromatic rings. The van der Waals surface area contributed by atoms with Crippen molar-refractivity contribution in [3.63, 3.8) is 0 Å². The van der Waals surface area contributed by atoms with Crippen molar-refractivity contribution >= 4 is 17.8 Å². The number of hydrogen-bond acceptors (Lipinski definition) is 3. The molecule has 2 aromatic carbocycles. The van der Waals surface area contributed by atoms with Crippen LogP contribution < -0.4 is 10.6 Å². The molecule has 1 saturated heterocycles. The zero-order chi connectivity index (χ0) is 19.2. The molecule has 1 aliphatic rings. The van der Waals surface area contributed by atoms with Crippen molar-refractivity contribution in [2.24, 2.45) is 0 Å². The molecule has 0 saturated carbocycles. The van der Waals surface area contributed by atoms with E-state index in [1.165, 1.54) is 10.5 Å². The summed E-state index contributed by atoms with van der Waals surface area (Å²) >= 11 is 0. The zero-order valence-electron chi connectivity index (χ0n) is 15.3. The summed E-state index contributed by atoms with van der Waals surface area (Å²) < 4.78 is 0. The highest BCUT2D eigenvalue weighted by Gasteiger charge is 2.28. The molecule has 0 aromatic heterocycles. The van der Waals surface area contributed by atoms with Gasteiger partial charge < -0.3 is 10.6 Å². The number of carbonyl (C=O) groups excluding carboxylic acids is 3. The molecule has 2 N–H and O–H groups in total. The van der Waals surface area contributed by atoms with Crippen molar-refractivity contribution in [2.45, 2.75) is 25.8 Å². The van der Waals surface area contributed by atoms with E-state index >= 15 is 0 Å². The minimum Gasteiger partial charge on any atom is -0.351 e. The molecule has 1 aliphatic heterocycles. The summed E-state index contributed by atoms with van der Waals surface area (Å²) in [6.45, 7) is 2.93. The number of amides is 4. The van der Waals surface area contributed by atoms with Gasteiger partial charge in [-0.25, -0.2) is 4.79 Å². The Hall–Kier alpha value is -3.15. The fourth-order valence-electron chi connectivity index (χ4n) is 3.10. The monoisotopic (exact) mass is 365 g/mol. The summed E-state index contributed by atoms with van der Waals surface area (Å²) in [6.07, 6.45) is 0.940. The third kappa shape index (κ3) is 4.53. The lowest BCUT2D eigenvalue weighted by atomic mass is 9.96. The van der Waals surface area contributed by atoms with Crippen molar-refractivity contribution in [3.8, 4) is 0 Å². The number of imide groups is 1. The highest BCUT2D eigenvalue weighted by atomic mass is 16.2. The van der Waals surface area contributed by atoms with Gasteiger partial charge >= 0.3 is 6.03 Å². The first-order chi connectivity index (χ1) is 13.1. The van der Waals surface area contributed by atoms with Crippen LogP contribution in [-0.4, -0.2) is 35.8 Å². The second kappa shape index (κ2) is 8.49. The summed E-state index contributed by atoms with van der Waals surface area (Å²) in [5, 5.41) is 5.48. The van der Waals surface area contributed by atoms with Crippen molar-refractivity contribution in [2.75, 3.05) is 13.1 Å². The van der Waals surface area contributed by atoms with Gasteiger partial charge in [0.05, 0.1) is 13.1 Å². The van der Waals surface area contributed by atoms with Crippen molar-refractivity contribution < 1.29 is 14.4 Å². The lowest BCUT2D eigenvalue weighted by Gasteiger charge is -2.16. The maximum absolute atomic E-state index is 12.4. The maximum Gasteiger partial charge on any atom is 0.324 e. The largest absolute Gasteiger partial charge is 0.351 e. The first-order valence-electron chi connectivity index (χ1n) is 9.08. The van der Waals surface area contributed by atoms with Gasteiger partial charge in [0.2, 0.25) is 5.91 Å². The maximum atomic E-state index is 12.4. The number of benzene rings is 2. The Morgan fingerprint density at radius 1 is 1.11 bits per heavy atom. The number of nitrogens with zero attached hydrogens (tertiary/aromatic N) is 1. The Morgan fingerprint density at radius 3 is 2.41 bits per heavy atom. The third-order valence-corrected chi connectivity index (χ3v) is 4.77. The van der Waals surface area contributed by atoms with Gasteiger partial charge in [0, 0.05) is 18.0 Å². The quantitative estimate of drug-likeness (QED) is 0.741. The Labute approximate surface area is 158 Å². The lowest BCUT2D eigenvalue weighted by Crippen LogP contribution is -2.30. The minimum absolute atomic E-state index is 0.0410. The van der Waals surface area contributed by atoms with Crippen molar-refractivity contribution in [1.82, 2.24) is 15.5 Å². The summed E-state index contributed by atoms with van der Waals surface area (Å²) in [5.74, 6) is -0.103. The highest BCUT2D eigenvalue weighted by Crippen LogP contribution is 2.18. The molecule has 6 nitrogen and oxygen atoms in total. The van der Waals surface area contributed by atoms with E-state index in [4.69, 9.17) is 0 Å². The molecule has 1 fully saturated rings.